The fraction of sp³-hybridized carbons (Fsp3) is 0.0303. The van der Waals surface area contributed by atoms with Crippen LogP contribution in [-0.2, 0) is 5.41 Å². The minimum atomic E-state index is -0.256. The zero-order chi connectivity index (χ0) is 44.7. The highest BCUT2D eigenvalue weighted by Crippen LogP contribution is 2.55. The zero-order valence-corrected chi connectivity index (χ0v) is 37.4. The summed E-state index contributed by atoms with van der Waals surface area (Å²) in [7, 11) is 0. The third-order valence-electron chi connectivity index (χ3n) is 14.0. The van der Waals surface area contributed by atoms with Crippen molar-refractivity contribution in [1.29, 1.82) is 0 Å². The number of fused-ring (bicyclic) bond motifs is 4. The van der Waals surface area contributed by atoms with Crippen molar-refractivity contribution in [3.8, 4) is 66.8 Å². The fourth-order valence-corrected chi connectivity index (χ4v) is 10.5. The highest BCUT2D eigenvalue weighted by molar-refractivity contribution is 5.95. The van der Waals surface area contributed by atoms with Crippen LogP contribution in [0.3, 0.4) is 0 Å². The Labute approximate surface area is 393 Å². The molecule has 0 aliphatic heterocycles. The van der Waals surface area contributed by atoms with Gasteiger partial charge in [0.15, 0.2) is 0 Å². The Kier molecular flexibility index (Phi) is 10.0. The summed E-state index contributed by atoms with van der Waals surface area (Å²) >= 11 is 0. The molecule has 1 nitrogen and oxygen atoms in total. The van der Waals surface area contributed by atoms with Crippen molar-refractivity contribution in [3.05, 3.63) is 284 Å². The monoisotopic (exact) mass is 853 g/mol. The van der Waals surface area contributed by atoms with Gasteiger partial charge in [0.1, 0.15) is 0 Å². The molecule has 0 N–H and O–H groups in total. The number of hydrogen-bond donors (Lipinski definition) is 0. The van der Waals surface area contributed by atoms with Crippen LogP contribution in [0.25, 0.3) is 77.5 Å². The number of rotatable bonds is 9. The Bertz CT molecular complexity index is 3540. The van der Waals surface area contributed by atoms with E-state index in [9.17, 15) is 0 Å². The van der Waals surface area contributed by atoms with Crippen LogP contribution in [0.15, 0.2) is 267 Å². The third-order valence-corrected chi connectivity index (χ3v) is 14.0. The number of nitrogens with zero attached hydrogens (tertiary/aromatic N) is 1. The molecule has 0 amide bonds. The van der Waals surface area contributed by atoms with E-state index in [1.807, 2.05) is 0 Å². The molecule has 0 heterocycles. The molecule has 0 bridgehead atoms. The van der Waals surface area contributed by atoms with E-state index in [1.165, 1.54) is 88.7 Å². The van der Waals surface area contributed by atoms with Crippen molar-refractivity contribution >= 4 is 27.8 Å². The van der Waals surface area contributed by atoms with Gasteiger partial charge in [0.2, 0.25) is 0 Å². The van der Waals surface area contributed by atoms with Gasteiger partial charge in [-0.15, -0.1) is 0 Å². The second kappa shape index (κ2) is 16.8. The van der Waals surface area contributed by atoms with Crippen LogP contribution in [0.1, 0.15) is 23.6 Å². The summed E-state index contributed by atoms with van der Waals surface area (Å²) in [5.41, 5.74) is 21.7. The average Bonchev–Trinajstić information content (AvgIpc) is 3.68. The summed E-state index contributed by atoms with van der Waals surface area (Å²) in [5, 5.41) is 2.51. The average molecular weight is 854 g/mol. The van der Waals surface area contributed by atoms with Gasteiger partial charge in [0, 0.05) is 22.4 Å². The molecule has 11 aromatic carbocycles. The Morgan fingerprint density at radius 3 is 1.39 bits per heavy atom. The van der Waals surface area contributed by atoms with Gasteiger partial charge < -0.3 is 4.90 Å². The quantitative estimate of drug-likeness (QED) is 0.140. The molecule has 1 heteroatoms. The summed E-state index contributed by atoms with van der Waals surface area (Å²) in [6.07, 6.45) is 0. The molecular formula is C66H47N. The van der Waals surface area contributed by atoms with Gasteiger partial charge in [0.05, 0.1) is 5.69 Å². The van der Waals surface area contributed by atoms with Crippen molar-refractivity contribution in [2.24, 2.45) is 0 Å². The molecule has 0 saturated heterocycles. The van der Waals surface area contributed by atoms with Gasteiger partial charge in [-0.2, -0.15) is 0 Å². The lowest BCUT2D eigenvalue weighted by Crippen LogP contribution is -2.22. The Morgan fingerprint density at radius 1 is 0.284 bits per heavy atom. The molecule has 0 saturated carbocycles. The standard InChI is InChI=1S/C66H47N/c1-66(56-19-6-3-7-20-56)62-24-12-10-22-61(62)65-60(23-14-25-63(65)66)53-39-43-58(44-40-53)67(64-26-13-11-21-59(64)52-34-31-48(32-35-52)46-15-4-2-5-16-46)57-41-37-50(38-42-57)49-27-29-51(30-28-49)55-36-33-47-17-8-9-18-54(47)45-55/h2-45H,1H3. The van der Waals surface area contributed by atoms with Crippen LogP contribution in [0.2, 0.25) is 0 Å². The highest BCUT2D eigenvalue weighted by Gasteiger charge is 2.41. The van der Waals surface area contributed by atoms with Gasteiger partial charge in [-0.3, -0.25) is 0 Å². The van der Waals surface area contributed by atoms with Crippen LogP contribution in [0, 0.1) is 0 Å². The summed E-state index contributed by atoms with van der Waals surface area (Å²) in [4.78, 5) is 2.41. The van der Waals surface area contributed by atoms with Crippen LogP contribution >= 0.6 is 0 Å². The number of hydrogen-bond acceptors (Lipinski definition) is 1. The summed E-state index contributed by atoms with van der Waals surface area (Å²) in [6, 6.07) is 97.6. The third kappa shape index (κ3) is 7.13. The number of para-hydroxylation sites is 1. The minimum Gasteiger partial charge on any atom is -0.310 e. The Balaban J connectivity index is 0.931. The predicted molar refractivity (Wildman–Crippen MR) is 283 cm³/mol. The van der Waals surface area contributed by atoms with Crippen molar-refractivity contribution in [1.82, 2.24) is 0 Å². The molecule has 1 aliphatic carbocycles. The maximum Gasteiger partial charge on any atom is 0.0540 e. The highest BCUT2D eigenvalue weighted by atomic mass is 15.1. The zero-order valence-electron chi connectivity index (χ0n) is 37.4. The maximum atomic E-state index is 2.41. The van der Waals surface area contributed by atoms with Crippen molar-refractivity contribution < 1.29 is 0 Å². The number of anilines is 3. The molecule has 0 spiro atoms. The van der Waals surface area contributed by atoms with E-state index in [4.69, 9.17) is 0 Å². The van der Waals surface area contributed by atoms with E-state index in [1.54, 1.807) is 0 Å². The van der Waals surface area contributed by atoms with Crippen LogP contribution < -0.4 is 4.90 Å². The first-order valence-corrected chi connectivity index (χ1v) is 23.2. The van der Waals surface area contributed by atoms with E-state index in [0.717, 1.165) is 22.6 Å². The van der Waals surface area contributed by atoms with E-state index in [2.05, 4.69) is 279 Å². The molecule has 1 atom stereocenters. The molecule has 1 aliphatic rings. The Hall–Kier alpha value is -8.52. The molecule has 0 radical (unpaired) electrons. The van der Waals surface area contributed by atoms with Crippen LogP contribution in [0.4, 0.5) is 17.1 Å². The molecular weight excluding hydrogens is 807 g/mol. The van der Waals surface area contributed by atoms with Gasteiger partial charge in [-0.25, -0.2) is 0 Å². The normalized spacial score (nSPS) is 13.8. The van der Waals surface area contributed by atoms with Crippen molar-refractivity contribution in [2.45, 2.75) is 12.3 Å². The van der Waals surface area contributed by atoms with Gasteiger partial charge in [-0.05, 0) is 132 Å². The molecule has 67 heavy (non-hydrogen) atoms. The molecule has 0 fully saturated rings. The minimum absolute atomic E-state index is 0.256. The van der Waals surface area contributed by atoms with Crippen molar-refractivity contribution in [2.75, 3.05) is 4.90 Å². The molecule has 316 valence electrons. The molecule has 0 aromatic heterocycles. The molecule has 12 rings (SSSR count). The maximum absolute atomic E-state index is 2.41. The SMILES string of the molecule is CC1(c2ccccc2)c2ccccc2-c2c(-c3ccc(N(c4ccc(-c5ccc(-c6ccc7ccccc7c6)cc5)cc4)c4ccccc4-c4ccc(-c5ccccc5)cc4)cc3)cccc21. The van der Waals surface area contributed by atoms with Gasteiger partial charge >= 0.3 is 0 Å². The lowest BCUT2D eigenvalue weighted by atomic mass is 9.74. The van der Waals surface area contributed by atoms with Crippen LogP contribution in [-0.4, -0.2) is 0 Å². The largest absolute Gasteiger partial charge is 0.310 e. The first-order valence-electron chi connectivity index (χ1n) is 23.2. The summed E-state index contributed by atoms with van der Waals surface area (Å²) in [5.74, 6) is 0. The smallest absolute Gasteiger partial charge is 0.0540 e. The van der Waals surface area contributed by atoms with Crippen molar-refractivity contribution in [3.63, 3.8) is 0 Å². The lowest BCUT2D eigenvalue weighted by Gasteiger charge is -2.29. The second-order valence-corrected chi connectivity index (χ2v) is 17.8. The topological polar surface area (TPSA) is 3.24 Å². The first kappa shape index (κ1) is 40.0. The van der Waals surface area contributed by atoms with E-state index in [-0.39, 0.29) is 5.41 Å². The van der Waals surface area contributed by atoms with Gasteiger partial charge in [-0.1, -0.05) is 231 Å². The lowest BCUT2D eigenvalue weighted by molar-refractivity contribution is 0.714. The fourth-order valence-electron chi connectivity index (χ4n) is 10.5. The molecule has 11 aromatic rings. The first-order chi connectivity index (χ1) is 33.1. The van der Waals surface area contributed by atoms with E-state index in [0.29, 0.717) is 0 Å². The summed E-state index contributed by atoms with van der Waals surface area (Å²) in [6.45, 7) is 2.39. The predicted octanol–water partition coefficient (Wildman–Crippen LogP) is 18.0. The van der Waals surface area contributed by atoms with E-state index < -0.39 is 0 Å². The van der Waals surface area contributed by atoms with Gasteiger partial charge in [0.25, 0.3) is 0 Å². The van der Waals surface area contributed by atoms with Crippen LogP contribution in [0.5, 0.6) is 0 Å². The Morgan fingerprint density at radius 2 is 0.716 bits per heavy atom. The second-order valence-electron chi connectivity index (χ2n) is 17.8. The summed E-state index contributed by atoms with van der Waals surface area (Å²) < 4.78 is 0. The van der Waals surface area contributed by atoms with E-state index >= 15 is 0 Å². The molecule has 1 unspecified atom stereocenters. The number of benzene rings is 11.